The van der Waals surface area contributed by atoms with Crippen LogP contribution in [0.4, 0.5) is 4.39 Å². The van der Waals surface area contributed by atoms with Crippen LogP contribution < -0.4 is 16.6 Å². The van der Waals surface area contributed by atoms with Crippen LogP contribution in [-0.2, 0) is 19.5 Å². The van der Waals surface area contributed by atoms with Crippen LogP contribution in [0.2, 0.25) is 0 Å². The van der Waals surface area contributed by atoms with Gasteiger partial charge in [-0.2, -0.15) is 0 Å². The number of imidazole rings is 1. The van der Waals surface area contributed by atoms with Crippen molar-refractivity contribution in [3.8, 4) is 16.8 Å². The molecule has 1 aliphatic heterocycles. The zero-order chi connectivity index (χ0) is 35.6. The number of halogens is 1. The molecule has 1 saturated carbocycles. The van der Waals surface area contributed by atoms with Gasteiger partial charge in [0.1, 0.15) is 17.3 Å². The van der Waals surface area contributed by atoms with Crippen molar-refractivity contribution >= 4 is 16.9 Å². The standard InChI is InChI=1S/C39H44FN7O4/c1-25(2)44(18-19-48)23-26-9-11-27(12-10-26)28-6-5-7-32(20-28)46-36-33(21-29(40)22-41-36)38(50)47(39(46)51)31-15-13-30(14-16-31)42-37(49)34-24-45-17-4-3-8-35(45)43-34/h5-7,9-12,20-22,24-25,30-31,48H,3-4,8,13-19,23H2,1-2H3,(H,42,49). The number of aliphatic hydroxyl groups is 1. The van der Waals surface area contributed by atoms with Gasteiger partial charge in [0.15, 0.2) is 5.65 Å². The van der Waals surface area contributed by atoms with Gasteiger partial charge in [-0.3, -0.25) is 19.1 Å². The average molecular weight is 694 g/mol. The number of benzene rings is 2. The van der Waals surface area contributed by atoms with E-state index < -0.39 is 23.1 Å². The van der Waals surface area contributed by atoms with Crippen LogP contribution in [0.15, 0.2) is 76.6 Å². The largest absolute Gasteiger partial charge is 0.395 e. The second-order valence-electron chi connectivity index (χ2n) is 14.0. The van der Waals surface area contributed by atoms with Gasteiger partial charge in [-0.1, -0.05) is 36.4 Å². The highest BCUT2D eigenvalue weighted by Gasteiger charge is 2.29. The number of fused-ring (bicyclic) bond motifs is 2. The molecule has 2 N–H and O–H groups in total. The second-order valence-corrected chi connectivity index (χ2v) is 14.0. The van der Waals surface area contributed by atoms with E-state index in [9.17, 15) is 23.9 Å². The molecule has 11 nitrogen and oxygen atoms in total. The molecule has 3 aromatic heterocycles. The van der Waals surface area contributed by atoms with E-state index in [1.807, 2.05) is 36.5 Å². The SMILES string of the molecule is CC(C)N(CCO)Cc1ccc(-c2cccc(-n3c(=O)n(C4CCC(NC(=O)c5cn6c(n5)CCCC6)CC4)c(=O)c4cc(F)cnc43)c2)cc1. The molecule has 4 heterocycles. The zero-order valence-electron chi connectivity index (χ0n) is 29.1. The summed E-state index contributed by atoms with van der Waals surface area (Å²) in [5.74, 6) is 0.0772. The van der Waals surface area contributed by atoms with E-state index in [-0.39, 0.29) is 29.6 Å². The van der Waals surface area contributed by atoms with E-state index in [2.05, 4.69) is 50.7 Å². The Balaban J connectivity index is 1.15. The molecule has 266 valence electrons. The first-order chi connectivity index (χ1) is 24.7. The summed E-state index contributed by atoms with van der Waals surface area (Å²) >= 11 is 0. The average Bonchev–Trinajstić information content (AvgIpc) is 3.58. The summed E-state index contributed by atoms with van der Waals surface area (Å²) in [5.41, 5.74) is 2.85. The summed E-state index contributed by atoms with van der Waals surface area (Å²) in [4.78, 5) is 52.2. The van der Waals surface area contributed by atoms with Crippen molar-refractivity contribution in [3.63, 3.8) is 0 Å². The molecular formula is C39H44FN7O4. The van der Waals surface area contributed by atoms with Crippen molar-refractivity contribution in [2.24, 2.45) is 0 Å². The Kier molecular flexibility index (Phi) is 9.97. The smallest absolute Gasteiger partial charge is 0.337 e. The fourth-order valence-corrected chi connectivity index (χ4v) is 7.51. The summed E-state index contributed by atoms with van der Waals surface area (Å²) in [6.45, 7) is 6.49. The number of amides is 1. The second kappa shape index (κ2) is 14.7. The quantitative estimate of drug-likeness (QED) is 0.211. The van der Waals surface area contributed by atoms with Crippen LogP contribution in [0.25, 0.3) is 27.8 Å². The van der Waals surface area contributed by atoms with E-state index in [4.69, 9.17) is 0 Å². The third kappa shape index (κ3) is 7.15. The third-order valence-corrected chi connectivity index (χ3v) is 10.3. The number of pyridine rings is 1. The lowest BCUT2D eigenvalue weighted by molar-refractivity contribution is 0.0917. The molecular weight excluding hydrogens is 649 g/mol. The number of aliphatic hydroxyl groups excluding tert-OH is 1. The molecule has 7 rings (SSSR count). The highest BCUT2D eigenvalue weighted by molar-refractivity contribution is 5.92. The summed E-state index contributed by atoms with van der Waals surface area (Å²) in [6.07, 6.45) is 8.02. The number of hydrogen-bond acceptors (Lipinski definition) is 7. The fourth-order valence-electron chi connectivity index (χ4n) is 7.51. The molecule has 1 fully saturated rings. The number of hydrogen-bond donors (Lipinski definition) is 2. The van der Waals surface area contributed by atoms with E-state index in [1.165, 1.54) is 9.13 Å². The summed E-state index contributed by atoms with van der Waals surface area (Å²) < 4.78 is 19.2. The Morgan fingerprint density at radius 2 is 1.82 bits per heavy atom. The summed E-state index contributed by atoms with van der Waals surface area (Å²) in [5, 5.41) is 12.6. The van der Waals surface area contributed by atoms with Crippen LogP contribution in [0.5, 0.6) is 0 Å². The molecule has 12 heteroatoms. The van der Waals surface area contributed by atoms with Crippen molar-refractivity contribution in [2.45, 2.75) is 90.0 Å². The molecule has 5 aromatic rings. The van der Waals surface area contributed by atoms with Gasteiger partial charge in [-0.05, 0) is 87.3 Å². The Hall–Kier alpha value is -4.94. The molecule has 0 saturated heterocycles. The molecule has 51 heavy (non-hydrogen) atoms. The topological polar surface area (TPSA) is 127 Å². The van der Waals surface area contributed by atoms with E-state index in [0.29, 0.717) is 56.2 Å². The Morgan fingerprint density at radius 3 is 2.55 bits per heavy atom. The normalized spacial score (nSPS) is 17.6. The number of carbonyl (C=O) groups excluding carboxylic acids is 1. The minimum atomic E-state index is -0.660. The monoisotopic (exact) mass is 693 g/mol. The van der Waals surface area contributed by atoms with Gasteiger partial charge in [0, 0.05) is 50.4 Å². The van der Waals surface area contributed by atoms with E-state index in [0.717, 1.165) is 60.6 Å². The maximum atomic E-state index is 14.5. The molecule has 1 aliphatic carbocycles. The van der Waals surface area contributed by atoms with Crippen LogP contribution in [0.1, 0.15) is 80.3 Å². The number of carbonyl (C=O) groups is 1. The predicted octanol–water partition coefficient (Wildman–Crippen LogP) is 5.00. The maximum absolute atomic E-state index is 14.5. The lowest BCUT2D eigenvalue weighted by Gasteiger charge is -2.30. The summed E-state index contributed by atoms with van der Waals surface area (Å²) in [6, 6.07) is 16.5. The van der Waals surface area contributed by atoms with Crippen molar-refractivity contribution < 1.29 is 14.3 Å². The van der Waals surface area contributed by atoms with Gasteiger partial charge >= 0.3 is 5.69 Å². The van der Waals surface area contributed by atoms with Crippen molar-refractivity contribution in [2.75, 3.05) is 13.2 Å². The van der Waals surface area contributed by atoms with Gasteiger partial charge in [-0.15, -0.1) is 0 Å². The van der Waals surface area contributed by atoms with Crippen molar-refractivity contribution in [1.29, 1.82) is 0 Å². The molecule has 0 bridgehead atoms. The van der Waals surface area contributed by atoms with Crippen LogP contribution >= 0.6 is 0 Å². The van der Waals surface area contributed by atoms with Crippen molar-refractivity contribution in [1.82, 2.24) is 33.9 Å². The zero-order valence-corrected chi connectivity index (χ0v) is 29.1. The molecule has 0 atom stereocenters. The maximum Gasteiger partial charge on any atom is 0.337 e. The van der Waals surface area contributed by atoms with Crippen LogP contribution in [0, 0.1) is 5.82 Å². The number of nitrogens with one attached hydrogen (secondary N) is 1. The molecule has 0 unspecified atom stereocenters. The van der Waals surface area contributed by atoms with Crippen LogP contribution in [-0.4, -0.2) is 64.8 Å². The minimum absolute atomic E-state index is 0.0288. The Bertz CT molecular complexity index is 2140. The molecule has 0 radical (unpaired) electrons. The molecule has 2 aliphatic rings. The Morgan fingerprint density at radius 1 is 1.04 bits per heavy atom. The highest BCUT2D eigenvalue weighted by Crippen LogP contribution is 2.29. The first-order valence-electron chi connectivity index (χ1n) is 17.9. The van der Waals surface area contributed by atoms with E-state index >= 15 is 0 Å². The van der Waals surface area contributed by atoms with Crippen LogP contribution in [0.3, 0.4) is 0 Å². The van der Waals surface area contributed by atoms with Gasteiger partial charge in [0.25, 0.3) is 11.5 Å². The Labute approximate surface area is 295 Å². The van der Waals surface area contributed by atoms with Gasteiger partial charge < -0.3 is 15.0 Å². The first-order valence-corrected chi connectivity index (χ1v) is 17.9. The minimum Gasteiger partial charge on any atom is -0.395 e. The first kappa shape index (κ1) is 34.5. The highest BCUT2D eigenvalue weighted by atomic mass is 19.1. The summed E-state index contributed by atoms with van der Waals surface area (Å²) in [7, 11) is 0. The lowest BCUT2D eigenvalue weighted by Crippen LogP contribution is -2.45. The van der Waals surface area contributed by atoms with Crippen molar-refractivity contribution in [3.05, 3.63) is 111 Å². The number of aryl methyl sites for hydroxylation is 2. The van der Waals surface area contributed by atoms with Gasteiger partial charge in [0.05, 0.1) is 23.9 Å². The van der Waals surface area contributed by atoms with Gasteiger partial charge in [-0.25, -0.2) is 23.7 Å². The van der Waals surface area contributed by atoms with Gasteiger partial charge in [0.2, 0.25) is 0 Å². The van der Waals surface area contributed by atoms with E-state index in [1.54, 1.807) is 6.07 Å². The molecule has 2 aromatic carbocycles. The number of rotatable bonds is 10. The fraction of sp³-hybridized carbons (Fsp3) is 0.410. The number of aromatic nitrogens is 5. The number of nitrogens with zero attached hydrogens (tertiary/aromatic N) is 6. The lowest BCUT2D eigenvalue weighted by atomic mass is 9.90. The predicted molar refractivity (Wildman–Crippen MR) is 194 cm³/mol. The molecule has 0 spiro atoms. The molecule has 1 amide bonds. The third-order valence-electron chi connectivity index (χ3n) is 10.3.